The predicted molar refractivity (Wildman–Crippen MR) is 60.5 cm³/mol. The Labute approximate surface area is 97.2 Å². The van der Waals surface area contributed by atoms with Crippen molar-refractivity contribution in [2.75, 3.05) is 17.5 Å². The van der Waals surface area contributed by atoms with E-state index in [0.29, 0.717) is 0 Å². The van der Waals surface area contributed by atoms with Gasteiger partial charge in [-0.3, -0.25) is 9.13 Å². The molecule has 0 saturated carbocycles. The zero-order chi connectivity index (χ0) is 13.1. The van der Waals surface area contributed by atoms with Crippen LogP contribution in [0.1, 0.15) is 0 Å². The standard InChI is InChI=1S/C7H12N2O6P2/c10-16(11,12)5-9(6-17(13,14)15)7-3-1-2-4-8-7/h1-4H,5-6H2,(H2,10,11,12)(H2,13,14,15). The van der Waals surface area contributed by atoms with Gasteiger partial charge in [0.1, 0.15) is 18.4 Å². The summed E-state index contributed by atoms with van der Waals surface area (Å²) in [7, 11) is -8.86. The summed E-state index contributed by atoms with van der Waals surface area (Å²) in [6.07, 6.45) is -0.230. The number of hydrogen-bond donors (Lipinski definition) is 4. The van der Waals surface area contributed by atoms with Crippen molar-refractivity contribution in [3.63, 3.8) is 0 Å². The van der Waals surface area contributed by atoms with Crippen LogP contribution in [0.4, 0.5) is 5.82 Å². The average molecular weight is 282 g/mol. The van der Waals surface area contributed by atoms with Crippen LogP contribution in [0.25, 0.3) is 0 Å². The van der Waals surface area contributed by atoms with Crippen LogP contribution in [0, 0.1) is 0 Å². The molecule has 4 N–H and O–H groups in total. The molecule has 0 aliphatic heterocycles. The second kappa shape index (κ2) is 5.27. The van der Waals surface area contributed by atoms with Crippen molar-refractivity contribution >= 4 is 21.0 Å². The van der Waals surface area contributed by atoms with Gasteiger partial charge in [0.25, 0.3) is 0 Å². The molecule has 1 aromatic rings. The molecule has 1 rings (SSSR count). The second-order valence-corrected chi connectivity index (χ2v) is 6.56. The molecule has 0 aliphatic rings. The predicted octanol–water partition coefficient (Wildman–Crippen LogP) is 0.158. The Morgan fingerprint density at radius 2 is 1.59 bits per heavy atom. The summed E-state index contributed by atoms with van der Waals surface area (Å²) in [4.78, 5) is 40.0. The average Bonchev–Trinajstić information content (AvgIpc) is 2.14. The van der Waals surface area contributed by atoms with Gasteiger partial charge in [0, 0.05) is 6.20 Å². The number of nitrogens with zero attached hydrogens (tertiary/aromatic N) is 2. The Balaban J connectivity index is 2.95. The van der Waals surface area contributed by atoms with Crippen LogP contribution in [-0.4, -0.2) is 37.1 Å². The van der Waals surface area contributed by atoms with Crippen molar-refractivity contribution in [2.24, 2.45) is 0 Å². The first kappa shape index (κ1) is 14.3. The van der Waals surface area contributed by atoms with E-state index in [1.165, 1.54) is 12.3 Å². The van der Waals surface area contributed by atoms with Gasteiger partial charge in [-0.05, 0) is 12.1 Å². The summed E-state index contributed by atoms with van der Waals surface area (Å²) in [6, 6.07) is 4.54. The highest BCUT2D eigenvalue weighted by Gasteiger charge is 2.26. The van der Waals surface area contributed by atoms with Gasteiger partial charge in [-0.1, -0.05) is 6.07 Å². The normalized spacial score (nSPS) is 12.5. The van der Waals surface area contributed by atoms with Gasteiger partial charge in [0.2, 0.25) is 0 Å². The second-order valence-electron chi connectivity index (χ2n) is 3.34. The molecule has 8 nitrogen and oxygen atoms in total. The van der Waals surface area contributed by atoms with Crippen LogP contribution in [0.2, 0.25) is 0 Å². The maximum Gasteiger partial charge on any atom is 0.344 e. The van der Waals surface area contributed by atoms with Gasteiger partial charge in [0.15, 0.2) is 0 Å². The number of anilines is 1. The van der Waals surface area contributed by atoms with Gasteiger partial charge >= 0.3 is 15.2 Å². The summed E-state index contributed by atoms with van der Waals surface area (Å²) in [5.74, 6) is 0.0964. The van der Waals surface area contributed by atoms with Crippen LogP contribution in [0.15, 0.2) is 24.4 Å². The molecule has 1 heterocycles. The molecule has 0 fully saturated rings. The molecule has 10 heteroatoms. The van der Waals surface area contributed by atoms with E-state index in [1.54, 1.807) is 12.1 Å². The largest absolute Gasteiger partial charge is 0.344 e. The van der Waals surface area contributed by atoms with E-state index in [4.69, 9.17) is 19.6 Å². The molecule has 0 saturated heterocycles. The van der Waals surface area contributed by atoms with E-state index >= 15 is 0 Å². The smallest absolute Gasteiger partial charge is 0.333 e. The minimum absolute atomic E-state index is 0.0964. The van der Waals surface area contributed by atoms with Crippen LogP contribution >= 0.6 is 15.2 Å². The molecule has 0 spiro atoms. The minimum Gasteiger partial charge on any atom is -0.333 e. The van der Waals surface area contributed by atoms with E-state index in [2.05, 4.69) is 4.98 Å². The molecule has 0 radical (unpaired) electrons. The third-order valence-corrected chi connectivity index (χ3v) is 3.10. The first-order valence-electron chi connectivity index (χ1n) is 4.42. The molecule has 0 atom stereocenters. The lowest BCUT2D eigenvalue weighted by Gasteiger charge is -2.23. The SMILES string of the molecule is O=P(O)(O)CN(CP(=O)(O)O)c1ccccn1. The van der Waals surface area contributed by atoms with Crippen LogP contribution in [-0.2, 0) is 9.13 Å². The maximum absolute atomic E-state index is 10.9. The fourth-order valence-corrected chi connectivity index (χ4v) is 2.71. The number of aromatic nitrogens is 1. The minimum atomic E-state index is -4.43. The highest BCUT2D eigenvalue weighted by molar-refractivity contribution is 7.53. The van der Waals surface area contributed by atoms with Crippen LogP contribution in [0.3, 0.4) is 0 Å². The molecule has 0 unspecified atom stereocenters. The van der Waals surface area contributed by atoms with Crippen molar-refractivity contribution in [2.45, 2.75) is 0 Å². The summed E-state index contributed by atoms with van der Waals surface area (Å²) >= 11 is 0. The molecule has 96 valence electrons. The molecule has 0 bridgehead atoms. The molecular formula is C7H12N2O6P2. The van der Waals surface area contributed by atoms with E-state index in [0.717, 1.165) is 4.90 Å². The summed E-state index contributed by atoms with van der Waals surface area (Å²) in [5.41, 5.74) is 0. The van der Waals surface area contributed by atoms with Crippen LogP contribution < -0.4 is 4.90 Å². The molecule has 0 aliphatic carbocycles. The molecule has 0 amide bonds. The Hall–Kier alpha value is -0.750. The Kier molecular flexibility index (Phi) is 4.43. The van der Waals surface area contributed by atoms with Gasteiger partial charge in [-0.25, -0.2) is 4.98 Å². The van der Waals surface area contributed by atoms with E-state index < -0.39 is 27.8 Å². The van der Waals surface area contributed by atoms with E-state index in [-0.39, 0.29) is 5.82 Å². The van der Waals surface area contributed by atoms with Crippen molar-refractivity contribution in [3.8, 4) is 0 Å². The van der Waals surface area contributed by atoms with E-state index in [9.17, 15) is 9.13 Å². The van der Waals surface area contributed by atoms with Gasteiger partial charge < -0.3 is 24.5 Å². The molecule has 0 aromatic carbocycles. The zero-order valence-electron chi connectivity index (χ0n) is 8.62. The van der Waals surface area contributed by atoms with Gasteiger partial charge in [0.05, 0.1) is 0 Å². The first-order chi connectivity index (χ1) is 7.67. The number of hydrogen-bond acceptors (Lipinski definition) is 4. The topological polar surface area (TPSA) is 131 Å². The van der Waals surface area contributed by atoms with Gasteiger partial charge in [-0.15, -0.1) is 0 Å². The Morgan fingerprint density at radius 3 is 1.94 bits per heavy atom. The van der Waals surface area contributed by atoms with Crippen molar-refractivity contribution in [3.05, 3.63) is 24.4 Å². The zero-order valence-corrected chi connectivity index (χ0v) is 10.4. The lowest BCUT2D eigenvalue weighted by Crippen LogP contribution is -2.26. The van der Waals surface area contributed by atoms with Crippen molar-refractivity contribution in [1.82, 2.24) is 4.98 Å². The monoisotopic (exact) mass is 282 g/mol. The van der Waals surface area contributed by atoms with Crippen molar-refractivity contribution in [1.29, 1.82) is 0 Å². The molecular weight excluding hydrogens is 270 g/mol. The fraction of sp³-hybridized carbons (Fsp3) is 0.286. The number of rotatable bonds is 5. The molecule has 17 heavy (non-hydrogen) atoms. The Bertz CT molecular complexity index is 431. The first-order valence-corrected chi connectivity index (χ1v) is 8.02. The third-order valence-electron chi connectivity index (χ3n) is 1.68. The highest BCUT2D eigenvalue weighted by atomic mass is 31.2. The molecule has 1 aromatic heterocycles. The summed E-state index contributed by atoms with van der Waals surface area (Å²) in [5, 5.41) is 0. The third kappa shape index (κ3) is 5.93. The lowest BCUT2D eigenvalue weighted by molar-refractivity contribution is 0.366. The summed E-state index contributed by atoms with van der Waals surface area (Å²) in [6.45, 7) is 0. The van der Waals surface area contributed by atoms with Crippen LogP contribution in [0.5, 0.6) is 0 Å². The van der Waals surface area contributed by atoms with Crippen molar-refractivity contribution < 1.29 is 28.7 Å². The lowest BCUT2D eigenvalue weighted by atomic mass is 10.4. The summed E-state index contributed by atoms with van der Waals surface area (Å²) < 4.78 is 21.7. The quantitative estimate of drug-likeness (QED) is 0.561. The van der Waals surface area contributed by atoms with Gasteiger partial charge in [-0.2, -0.15) is 0 Å². The highest BCUT2D eigenvalue weighted by Crippen LogP contribution is 2.42. The fourth-order valence-electron chi connectivity index (χ4n) is 1.18. The maximum atomic E-state index is 10.9. The Morgan fingerprint density at radius 1 is 1.06 bits per heavy atom. The van der Waals surface area contributed by atoms with E-state index in [1.807, 2.05) is 0 Å². The number of pyridine rings is 1.